The molecule has 0 radical (unpaired) electrons. The Balaban J connectivity index is 1.52. The van der Waals surface area contributed by atoms with Gasteiger partial charge in [-0.1, -0.05) is 23.2 Å². The third-order valence-electron chi connectivity index (χ3n) is 5.03. The van der Waals surface area contributed by atoms with E-state index in [9.17, 15) is 14.0 Å². The molecule has 4 rings (SSSR count). The van der Waals surface area contributed by atoms with Gasteiger partial charge < -0.3 is 14.8 Å². The summed E-state index contributed by atoms with van der Waals surface area (Å²) in [5, 5.41) is 8.02. The maximum atomic E-state index is 13.1. The van der Waals surface area contributed by atoms with Gasteiger partial charge in [-0.3, -0.25) is 5.43 Å². The minimum Gasteiger partial charge on any atom is -0.423 e. The predicted molar refractivity (Wildman–Crippen MR) is 153 cm³/mol. The molecule has 39 heavy (non-hydrogen) atoms. The highest BCUT2D eigenvalue weighted by Gasteiger charge is 2.15. The standard InChI is InChI=1S/C28H18Cl2FN3O4S/c29-20-6-1-17(2-7-20)26(35)37-24-14-5-19(16-32-34-28(39)33-23-12-10-22(31)11-13-23)25(15-24)38-27(36)18-3-8-21(30)9-4-18/h1-16H,(H2,33,34,39)/b32-16+. The zero-order valence-electron chi connectivity index (χ0n) is 19.9. The number of anilines is 1. The van der Waals surface area contributed by atoms with Gasteiger partial charge in [0.15, 0.2) is 5.11 Å². The van der Waals surface area contributed by atoms with Crippen LogP contribution in [0.5, 0.6) is 11.5 Å². The van der Waals surface area contributed by atoms with Crippen LogP contribution in [0.25, 0.3) is 0 Å². The molecule has 0 aliphatic heterocycles. The molecule has 0 fully saturated rings. The molecule has 0 atom stereocenters. The van der Waals surface area contributed by atoms with E-state index in [1.54, 1.807) is 30.3 Å². The first kappa shape index (κ1) is 27.7. The van der Waals surface area contributed by atoms with Gasteiger partial charge in [-0.25, -0.2) is 14.0 Å². The van der Waals surface area contributed by atoms with E-state index < -0.39 is 11.9 Å². The molecule has 0 aromatic heterocycles. The van der Waals surface area contributed by atoms with E-state index >= 15 is 0 Å². The fourth-order valence-electron chi connectivity index (χ4n) is 3.12. The summed E-state index contributed by atoms with van der Waals surface area (Å²) < 4.78 is 24.1. The molecule has 0 unspecified atom stereocenters. The second-order valence-electron chi connectivity index (χ2n) is 7.82. The molecule has 0 spiro atoms. The summed E-state index contributed by atoms with van der Waals surface area (Å²) in [7, 11) is 0. The number of thiocarbonyl (C=S) groups is 1. The minimum absolute atomic E-state index is 0.0688. The number of benzene rings is 4. The molecule has 2 N–H and O–H groups in total. The van der Waals surface area contributed by atoms with E-state index in [-0.39, 0.29) is 33.6 Å². The number of rotatable bonds is 7. The van der Waals surface area contributed by atoms with Crippen molar-refractivity contribution in [2.45, 2.75) is 0 Å². The van der Waals surface area contributed by atoms with Crippen molar-refractivity contribution in [1.82, 2.24) is 5.43 Å². The molecule has 0 aliphatic carbocycles. The van der Waals surface area contributed by atoms with E-state index in [4.69, 9.17) is 44.9 Å². The lowest BCUT2D eigenvalue weighted by Gasteiger charge is -2.11. The topological polar surface area (TPSA) is 89.0 Å². The largest absolute Gasteiger partial charge is 0.423 e. The molecular formula is C28H18Cl2FN3O4S. The van der Waals surface area contributed by atoms with Crippen molar-refractivity contribution in [3.8, 4) is 11.5 Å². The Morgan fingerprint density at radius 2 is 1.36 bits per heavy atom. The number of esters is 2. The average molecular weight is 582 g/mol. The molecule has 0 amide bonds. The van der Waals surface area contributed by atoms with Crippen molar-refractivity contribution >= 4 is 64.4 Å². The summed E-state index contributed by atoms with van der Waals surface area (Å²) >= 11 is 17.0. The summed E-state index contributed by atoms with van der Waals surface area (Å²) in [5.41, 5.74) is 4.12. The molecule has 11 heteroatoms. The van der Waals surface area contributed by atoms with Gasteiger partial charge in [0.2, 0.25) is 0 Å². The van der Waals surface area contributed by atoms with Gasteiger partial charge in [0, 0.05) is 27.4 Å². The molecule has 0 bridgehead atoms. The second kappa shape index (κ2) is 13.0. The number of nitrogens with one attached hydrogen (secondary N) is 2. The number of carbonyl (C=O) groups is 2. The highest BCUT2D eigenvalue weighted by atomic mass is 35.5. The van der Waals surface area contributed by atoms with Crippen LogP contribution >= 0.6 is 35.4 Å². The van der Waals surface area contributed by atoms with E-state index in [1.165, 1.54) is 66.9 Å². The normalized spacial score (nSPS) is 10.6. The molecule has 196 valence electrons. The van der Waals surface area contributed by atoms with E-state index in [1.807, 2.05) is 0 Å². The Morgan fingerprint density at radius 1 is 0.795 bits per heavy atom. The summed E-state index contributed by atoms with van der Waals surface area (Å²) in [6, 6.07) is 22.4. The molecule has 4 aromatic rings. The molecular weight excluding hydrogens is 564 g/mol. The molecule has 0 saturated carbocycles. The van der Waals surface area contributed by atoms with Crippen molar-refractivity contribution in [3.05, 3.63) is 124 Å². The van der Waals surface area contributed by atoms with Crippen molar-refractivity contribution in [2.24, 2.45) is 5.10 Å². The number of nitrogens with zero attached hydrogens (tertiary/aromatic N) is 1. The van der Waals surface area contributed by atoms with Crippen LogP contribution in [0, 0.1) is 5.82 Å². The van der Waals surface area contributed by atoms with Crippen LogP contribution in [0.4, 0.5) is 10.1 Å². The zero-order chi connectivity index (χ0) is 27.8. The molecule has 0 heterocycles. The summed E-state index contributed by atoms with van der Waals surface area (Å²) in [5.74, 6) is -1.46. The fraction of sp³-hybridized carbons (Fsp3) is 0. The van der Waals surface area contributed by atoms with Crippen LogP contribution in [0.3, 0.4) is 0 Å². The molecule has 4 aromatic carbocycles. The third kappa shape index (κ3) is 8.08. The maximum Gasteiger partial charge on any atom is 0.343 e. The van der Waals surface area contributed by atoms with Gasteiger partial charge in [0.25, 0.3) is 0 Å². The Hall–Kier alpha value is -4.31. The average Bonchev–Trinajstić information content (AvgIpc) is 2.92. The van der Waals surface area contributed by atoms with Gasteiger partial charge >= 0.3 is 11.9 Å². The quantitative estimate of drug-likeness (QED) is 0.0807. The van der Waals surface area contributed by atoms with Crippen LogP contribution in [0.2, 0.25) is 10.0 Å². The summed E-state index contributed by atoms with van der Waals surface area (Å²) in [6.07, 6.45) is 1.37. The number of ether oxygens (including phenoxy) is 2. The monoisotopic (exact) mass is 581 g/mol. The van der Waals surface area contributed by atoms with Gasteiger partial charge in [-0.05, 0) is 97.1 Å². The van der Waals surface area contributed by atoms with Crippen molar-refractivity contribution < 1.29 is 23.5 Å². The summed E-state index contributed by atoms with van der Waals surface area (Å²) in [6.45, 7) is 0. The number of halogens is 3. The van der Waals surface area contributed by atoms with E-state index in [0.717, 1.165) is 0 Å². The van der Waals surface area contributed by atoms with Crippen LogP contribution in [0.15, 0.2) is 96.1 Å². The number of hydrogen-bond acceptors (Lipinski definition) is 6. The Bertz CT molecular complexity index is 1530. The summed E-state index contributed by atoms with van der Waals surface area (Å²) in [4.78, 5) is 25.3. The molecule has 7 nitrogen and oxygen atoms in total. The van der Waals surface area contributed by atoms with Gasteiger partial charge in [0.1, 0.15) is 17.3 Å². The molecule has 0 saturated heterocycles. The first-order valence-electron chi connectivity index (χ1n) is 11.2. The van der Waals surface area contributed by atoms with Crippen molar-refractivity contribution in [1.29, 1.82) is 0 Å². The third-order valence-corrected chi connectivity index (χ3v) is 5.73. The van der Waals surface area contributed by atoms with Gasteiger partial charge in [-0.15, -0.1) is 0 Å². The van der Waals surface area contributed by atoms with Crippen LogP contribution < -0.4 is 20.2 Å². The van der Waals surface area contributed by atoms with Gasteiger partial charge in [-0.2, -0.15) is 5.10 Å². The number of hydrazone groups is 1. The Morgan fingerprint density at radius 3 is 1.95 bits per heavy atom. The lowest BCUT2D eigenvalue weighted by atomic mass is 10.2. The van der Waals surface area contributed by atoms with Crippen molar-refractivity contribution in [3.63, 3.8) is 0 Å². The fourth-order valence-corrected chi connectivity index (χ4v) is 3.55. The predicted octanol–water partition coefficient (Wildman–Crippen LogP) is 6.89. The Kier molecular flexibility index (Phi) is 9.22. The lowest BCUT2D eigenvalue weighted by molar-refractivity contribution is 0.0732. The smallest absolute Gasteiger partial charge is 0.343 e. The first-order chi connectivity index (χ1) is 18.8. The zero-order valence-corrected chi connectivity index (χ0v) is 22.2. The van der Waals surface area contributed by atoms with Crippen LogP contribution in [0.1, 0.15) is 26.3 Å². The lowest BCUT2D eigenvalue weighted by Crippen LogP contribution is -2.23. The Labute approximate surface area is 238 Å². The van der Waals surface area contributed by atoms with E-state index in [2.05, 4.69) is 15.8 Å². The SMILES string of the molecule is O=C(Oc1ccc(/C=N/NC(=S)Nc2ccc(F)cc2)c(OC(=O)c2ccc(Cl)cc2)c1)c1ccc(Cl)cc1. The number of carbonyl (C=O) groups excluding carboxylic acids is 2. The molecule has 0 aliphatic rings. The van der Waals surface area contributed by atoms with E-state index in [0.29, 0.717) is 21.3 Å². The highest BCUT2D eigenvalue weighted by molar-refractivity contribution is 7.80. The second-order valence-corrected chi connectivity index (χ2v) is 9.10. The van der Waals surface area contributed by atoms with Crippen LogP contribution in [-0.4, -0.2) is 23.3 Å². The first-order valence-corrected chi connectivity index (χ1v) is 12.4. The van der Waals surface area contributed by atoms with Crippen LogP contribution in [-0.2, 0) is 0 Å². The highest BCUT2D eigenvalue weighted by Crippen LogP contribution is 2.26. The van der Waals surface area contributed by atoms with Crippen molar-refractivity contribution in [2.75, 3.05) is 5.32 Å². The maximum absolute atomic E-state index is 13.1. The van der Waals surface area contributed by atoms with Gasteiger partial charge in [0.05, 0.1) is 17.3 Å². The minimum atomic E-state index is -0.663. The number of hydrogen-bond donors (Lipinski definition) is 2.